The van der Waals surface area contributed by atoms with Gasteiger partial charge in [-0.05, 0) is 78.1 Å². The number of fused-ring (bicyclic) bond motifs is 6. The van der Waals surface area contributed by atoms with Crippen molar-refractivity contribution in [3.8, 4) is 0 Å². The first kappa shape index (κ1) is 34.5. The third-order valence-electron chi connectivity index (χ3n) is 10.2. The number of nitrogens with zero attached hydrogens (tertiary/aromatic N) is 2. The van der Waals surface area contributed by atoms with Crippen LogP contribution >= 0.6 is 0 Å². The van der Waals surface area contributed by atoms with Crippen LogP contribution in [0.5, 0.6) is 0 Å². The van der Waals surface area contributed by atoms with Gasteiger partial charge in [-0.25, -0.2) is 8.42 Å². The molecule has 0 spiro atoms. The van der Waals surface area contributed by atoms with Crippen LogP contribution in [0.15, 0.2) is 95.6 Å². The fraction of sp³-hybridized carbons (Fsp3) is 0.350. The van der Waals surface area contributed by atoms with Crippen LogP contribution in [0.1, 0.15) is 64.5 Å². The Morgan fingerprint density at radius 1 is 0.898 bits per heavy atom. The molecule has 2 aliphatic heterocycles. The third kappa shape index (κ3) is 6.20. The van der Waals surface area contributed by atoms with Crippen molar-refractivity contribution in [1.82, 2.24) is 0 Å². The predicted molar refractivity (Wildman–Crippen MR) is 194 cm³/mol. The first-order chi connectivity index (χ1) is 23.3. The molecule has 9 heteroatoms. The highest BCUT2D eigenvalue weighted by Crippen LogP contribution is 2.51. The minimum absolute atomic E-state index is 0.135. The first-order valence-electron chi connectivity index (χ1n) is 16.8. The highest BCUT2D eigenvalue weighted by Gasteiger charge is 2.46. The standard InChI is InChI=1S/C40H44N2O6S/c1-39(2)35(42(25-26-48-5)31-22-20-27-13-8-9-14-28(27)37(31)39)18-12-17-34-40(3,4)38-30-15-11-16-33(49(45,46)47)29(30)21-23-32(38)41(34)24-10-6-7-19-36(43)44/h8-9,11-18,20-23H,6-7,10,19,24-26H2,1-5H3,(H-,43,44,45,46,47). The summed E-state index contributed by atoms with van der Waals surface area (Å²) in [5.41, 5.74) is 5.80. The van der Waals surface area contributed by atoms with Gasteiger partial charge in [-0.1, -0.05) is 68.8 Å². The topological polar surface area (TPSA) is 110 Å². The Balaban J connectivity index is 1.45. The summed E-state index contributed by atoms with van der Waals surface area (Å²) in [6, 6.07) is 21.4. The first-order valence-corrected chi connectivity index (χ1v) is 18.3. The molecule has 6 rings (SSSR count). The molecule has 0 atom stereocenters. The van der Waals surface area contributed by atoms with E-state index in [0.29, 0.717) is 31.5 Å². The van der Waals surface area contributed by atoms with Crippen molar-refractivity contribution in [2.45, 2.75) is 69.1 Å². The molecule has 0 aliphatic carbocycles. The summed E-state index contributed by atoms with van der Waals surface area (Å²) in [6.45, 7) is 10.8. The Kier molecular flexibility index (Phi) is 9.30. The number of carboxylic acids is 1. The zero-order valence-electron chi connectivity index (χ0n) is 28.8. The van der Waals surface area contributed by atoms with Gasteiger partial charge in [0.05, 0.1) is 10.3 Å². The van der Waals surface area contributed by atoms with E-state index in [1.165, 1.54) is 28.1 Å². The number of carbonyl (C=O) groups is 1. The lowest BCUT2D eigenvalue weighted by molar-refractivity contribution is -0.441. The molecule has 0 unspecified atom stereocenters. The molecule has 8 nitrogen and oxygen atoms in total. The monoisotopic (exact) mass is 680 g/mol. The maximum atomic E-state index is 12.2. The number of ether oxygens (including phenoxy) is 1. The average molecular weight is 681 g/mol. The molecule has 0 amide bonds. The molecule has 1 N–H and O–H groups in total. The fourth-order valence-corrected chi connectivity index (χ4v) is 8.66. The van der Waals surface area contributed by atoms with Gasteiger partial charge in [0.2, 0.25) is 5.69 Å². The summed E-state index contributed by atoms with van der Waals surface area (Å²) in [6.07, 6.45) is 8.74. The van der Waals surface area contributed by atoms with Gasteiger partial charge < -0.3 is 19.3 Å². The van der Waals surface area contributed by atoms with Gasteiger partial charge in [0.1, 0.15) is 16.7 Å². The van der Waals surface area contributed by atoms with Crippen LogP contribution in [-0.4, -0.2) is 61.1 Å². The summed E-state index contributed by atoms with van der Waals surface area (Å²) in [5, 5.41) is 12.7. The number of unbranched alkanes of at least 4 members (excludes halogenated alkanes) is 2. The van der Waals surface area contributed by atoms with Crippen molar-refractivity contribution in [1.29, 1.82) is 0 Å². The molecule has 0 saturated heterocycles. The number of hydrogen-bond acceptors (Lipinski definition) is 6. The normalized spacial score (nSPS) is 17.5. The van der Waals surface area contributed by atoms with Gasteiger partial charge in [-0.2, -0.15) is 4.58 Å². The van der Waals surface area contributed by atoms with Crippen LogP contribution < -0.4 is 4.90 Å². The predicted octanol–water partition coefficient (Wildman–Crippen LogP) is 7.80. The van der Waals surface area contributed by atoms with E-state index >= 15 is 0 Å². The number of benzene rings is 4. The minimum Gasteiger partial charge on any atom is -0.744 e. The summed E-state index contributed by atoms with van der Waals surface area (Å²) in [4.78, 5) is 13.2. The largest absolute Gasteiger partial charge is 0.744 e. The molecule has 0 saturated carbocycles. The van der Waals surface area contributed by atoms with Crippen molar-refractivity contribution < 1.29 is 32.2 Å². The number of rotatable bonds is 12. The molecule has 0 fully saturated rings. The van der Waals surface area contributed by atoms with Crippen molar-refractivity contribution in [3.05, 3.63) is 102 Å². The smallest absolute Gasteiger partial charge is 0.303 e. The molecule has 0 aromatic heterocycles. The fourth-order valence-electron chi connectivity index (χ4n) is 7.96. The van der Waals surface area contributed by atoms with Crippen LogP contribution in [0.25, 0.3) is 21.5 Å². The van der Waals surface area contributed by atoms with Crippen LogP contribution in [0, 0.1) is 0 Å². The van der Waals surface area contributed by atoms with Crippen LogP contribution in [0.4, 0.5) is 11.4 Å². The van der Waals surface area contributed by atoms with Crippen LogP contribution in [-0.2, 0) is 30.5 Å². The molecule has 2 aliphatic rings. The maximum Gasteiger partial charge on any atom is 0.303 e. The second-order valence-corrected chi connectivity index (χ2v) is 15.3. The maximum absolute atomic E-state index is 12.2. The van der Waals surface area contributed by atoms with Gasteiger partial charge in [0.25, 0.3) is 0 Å². The van der Waals surface area contributed by atoms with E-state index in [1.807, 2.05) is 12.1 Å². The van der Waals surface area contributed by atoms with Gasteiger partial charge in [-0.15, -0.1) is 0 Å². The minimum atomic E-state index is -4.68. The quantitative estimate of drug-likeness (QED) is 0.0924. The Morgan fingerprint density at radius 2 is 1.65 bits per heavy atom. The Morgan fingerprint density at radius 3 is 2.39 bits per heavy atom. The zero-order chi connectivity index (χ0) is 35.1. The molecule has 2 heterocycles. The number of hydrogen-bond donors (Lipinski definition) is 1. The molecule has 0 radical (unpaired) electrons. The summed E-state index contributed by atoms with van der Waals surface area (Å²) < 4.78 is 44.5. The number of carboxylic acid groups (broad SMARTS) is 1. The molecule has 4 aromatic rings. The van der Waals surface area contributed by atoms with E-state index in [4.69, 9.17) is 9.84 Å². The highest BCUT2D eigenvalue weighted by molar-refractivity contribution is 7.86. The van der Waals surface area contributed by atoms with Crippen LogP contribution in [0.3, 0.4) is 0 Å². The van der Waals surface area contributed by atoms with Crippen molar-refractivity contribution >= 4 is 54.7 Å². The van der Waals surface area contributed by atoms with E-state index in [-0.39, 0.29) is 16.7 Å². The van der Waals surface area contributed by atoms with Gasteiger partial charge in [0, 0.05) is 54.6 Å². The van der Waals surface area contributed by atoms with E-state index < -0.39 is 21.5 Å². The SMILES string of the molecule is COCC[N+]1=C(/C=C/C=C2/N(CCCCCC(=O)O)c3ccc4c(S(=O)(=O)[O-])cccc4c3C2(C)C)C(C)(C)c2c1ccc1ccccc21. The molecule has 49 heavy (non-hydrogen) atoms. The van der Waals surface area contributed by atoms with Gasteiger partial charge in [0.15, 0.2) is 12.3 Å². The highest BCUT2D eigenvalue weighted by atomic mass is 32.2. The number of anilines is 1. The van der Waals surface area contributed by atoms with Crippen LogP contribution in [0.2, 0.25) is 0 Å². The Labute approximate surface area is 288 Å². The molecular formula is C40H44N2O6S. The summed E-state index contributed by atoms with van der Waals surface area (Å²) in [7, 11) is -2.96. The number of aliphatic carboxylic acids is 1. The second kappa shape index (κ2) is 13.2. The lowest BCUT2D eigenvalue weighted by atomic mass is 9.79. The lowest BCUT2D eigenvalue weighted by Gasteiger charge is -2.27. The Bertz CT molecular complexity index is 2160. The van der Waals surface area contributed by atoms with Gasteiger partial charge >= 0.3 is 5.97 Å². The van der Waals surface area contributed by atoms with Crippen molar-refractivity contribution in [3.63, 3.8) is 0 Å². The van der Waals surface area contributed by atoms with E-state index in [1.54, 1.807) is 19.2 Å². The van der Waals surface area contributed by atoms with Crippen molar-refractivity contribution in [2.24, 2.45) is 0 Å². The Hall–Kier alpha value is -4.31. The summed E-state index contributed by atoms with van der Waals surface area (Å²) in [5.74, 6) is -0.795. The average Bonchev–Trinajstić information content (AvgIpc) is 3.41. The van der Waals surface area contributed by atoms with E-state index in [2.05, 4.69) is 91.8 Å². The molecular weight excluding hydrogens is 637 g/mol. The number of allylic oxidation sites excluding steroid dienone is 4. The van der Waals surface area contributed by atoms with E-state index in [0.717, 1.165) is 40.9 Å². The molecule has 256 valence electrons. The van der Waals surface area contributed by atoms with Gasteiger partial charge in [-0.3, -0.25) is 4.79 Å². The van der Waals surface area contributed by atoms with E-state index in [9.17, 15) is 17.8 Å². The number of methoxy groups -OCH3 is 1. The third-order valence-corrected chi connectivity index (χ3v) is 11.1. The van der Waals surface area contributed by atoms with Crippen molar-refractivity contribution in [2.75, 3.05) is 31.7 Å². The summed E-state index contributed by atoms with van der Waals surface area (Å²) >= 11 is 0. The lowest BCUT2D eigenvalue weighted by Crippen LogP contribution is -2.29. The second-order valence-electron chi connectivity index (χ2n) is 14.0. The zero-order valence-corrected chi connectivity index (χ0v) is 29.6. The molecule has 0 bridgehead atoms. The molecule has 4 aromatic carbocycles.